The van der Waals surface area contributed by atoms with Crippen molar-refractivity contribution in [2.45, 2.75) is 44.8 Å². The third-order valence-corrected chi connectivity index (χ3v) is 5.61. The number of anilines is 1. The van der Waals surface area contributed by atoms with E-state index < -0.39 is 29.9 Å². The van der Waals surface area contributed by atoms with E-state index in [9.17, 15) is 9.59 Å². The Balaban J connectivity index is 1.45. The highest BCUT2D eigenvalue weighted by atomic mass is 127. The van der Waals surface area contributed by atoms with E-state index >= 15 is 0 Å². The molecule has 3 aromatic rings. The predicted molar refractivity (Wildman–Crippen MR) is 118 cm³/mol. The smallest absolute Gasteiger partial charge is 0.431 e. The van der Waals surface area contributed by atoms with Gasteiger partial charge in [0, 0.05) is 36.1 Å². The Kier molecular flexibility index (Phi) is 6.55. The second-order valence-corrected chi connectivity index (χ2v) is 8.36. The van der Waals surface area contributed by atoms with Crippen LogP contribution in [0.3, 0.4) is 0 Å². The summed E-state index contributed by atoms with van der Waals surface area (Å²) in [6, 6.07) is 0. The van der Waals surface area contributed by atoms with E-state index in [1.165, 1.54) is 6.92 Å². The lowest BCUT2D eigenvalue weighted by atomic mass is 10.0. The third kappa shape index (κ3) is 4.80. The van der Waals surface area contributed by atoms with Crippen LogP contribution < -0.4 is 17.0 Å². The van der Waals surface area contributed by atoms with Crippen LogP contribution in [0.2, 0.25) is 0 Å². The number of nitrogens with two attached hydrogens (primary N) is 1. The molecular weight excluding hydrogens is 555 g/mol. The van der Waals surface area contributed by atoms with Gasteiger partial charge in [-0.25, -0.2) is 30.0 Å². The minimum Gasteiger partial charge on any atom is -0.431 e. The van der Waals surface area contributed by atoms with Crippen molar-refractivity contribution in [1.82, 2.24) is 25.0 Å². The Morgan fingerprint density at radius 2 is 2.18 bits per heavy atom. The number of aromatic nitrogens is 4. The fourth-order valence-corrected chi connectivity index (χ4v) is 3.96. The molecule has 1 aliphatic heterocycles. The van der Waals surface area contributed by atoms with Crippen LogP contribution >= 0.6 is 22.6 Å². The van der Waals surface area contributed by atoms with Gasteiger partial charge in [0.2, 0.25) is 0 Å². The number of rotatable bonds is 7. The molecule has 3 N–H and O–H groups in total. The van der Waals surface area contributed by atoms with Crippen molar-refractivity contribution in [3.8, 4) is 0 Å². The standard InChI is InChI=1S/C18H21IN6O8/c1-8-9(31-17(27)30-8)5-28-16(26)29-6-18(2)10(33-21-3)4-11(32-18)25-7-22-12-13(20)23-15(19)24-14(12)25/h7,10-11,21H,4-6H2,1-3H3,(H2,20,23,24)/t10-,11+,18+/m0/s1. The van der Waals surface area contributed by atoms with E-state index in [4.69, 9.17) is 33.6 Å². The van der Waals surface area contributed by atoms with Crippen molar-refractivity contribution >= 4 is 45.7 Å². The number of hydrogen-bond acceptors (Lipinski definition) is 13. The van der Waals surface area contributed by atoms with E-state index in [1.807, 2.05) is 22.6 Å². The van der Waals surface area contributed by atoms with Gasteiger partial charge in [-0.1, -0.05) is 0 Å². The highest BCUT2D eigenvalue weighted by Gasteiger charge is 2.49. The average Bonchev–Trinajstić information content (AvgIpc) is 3.41. The Morgan fingerprint density at radius 1 is 1.39 bits per heavy atom. The second-order valence-electron chi connectivity index (χ2n) is 7.39. The number of imidazole rings is 1. The molecule has 0 saturated carbocycles. The number of nitrogens with one attached hydrogen (secondary N) is 1. The van der Waals surface area contributed by atoms with Gasteiger partial charge in [-0.05, 0) is 13.8 Å². The number of nitrogen functional groups attached to an aromatic ring is 1. The number of nitrogens with zero attached hydrogens (tertiary/aromatic N) is 4. The molecule has 0 amide bonds. The number of hydrogen-bond donors (Lipinski definition) is 2. The van der Waals surface area contributed by atoms with Crippen molar-refractivity contribution in [3.63, 3.8) is 0 Å². The lowest BCUT2D eigenvalue weighted by Gasteiger charge is -2.29. The summed E-state index contributed by atoms with van der Waals surface area (Å²) in [7, 11) is 1.62. The summed E-state index contributed by atoms with van der Waals surface area (Å²) in [5.74, 6) is -0.296. The van der Waals surface area contributed by atoms with Crippen LogP contribution in [0.25, 0.3) is 11.2 Å². The van der Waals surface area contributed by atoms with Crippen LogP contribution in [0.5, 0.6) is 0 Å². The van der Waals surface area contributed by atoms with Gasteiger partial charge >= 0.3 is 12.0 Å². The van der Waals surface area contributed by atoms with Gasteiger partial charge in [0.05, 0.1) is 6.33 Å². The van der Waals surface area contributed by atoms with Crippen molar-refractivity contribution in [1.29, 1.82) is 0 Å². The summed E-state index contributed by atoms with van der Waals surface area (Å²) in [6.07, 6.45) is -0.0236. The van der Waals surface area contributed by atoms with Crippen molar-refractivity contribution in [2.75, 3.05) is 19.4 Å². The van der Waals surface area contributed by atoms with E-state index in [2.05, 4.69) is 20.4 Å². The first kappa shape index (κ1) is 23.4. The number of hydroxylamine groups is 1. The maximum absolute atomic E-state index is 12.1. The van der Waals surface area contributed by atoms with E-state index in [-0.39, 0.29) is 30.6 Å². The van der Waals surface area contributed by atoms with Crippen molar-refractivity contribution in [2.24, 2.45) is 0 Å². The average molecular weight is 576 g/mol. The maximum Gasteiger partial charge on any atom is 0.519 e. The first-order chi connectivity index (χ1) is 15.7. The molecule has 4 rings (SSSR count). The van der Waals surface area contributed by atoms with Gasteiger partial charge in [0.25, 0.3) is 0 Å². The van der Waals surface area contributed by atoms with Gasteiger partial charge in [0.1, 0.15) is 30.1 Å². The molecule has 1 saturated heterocycles. The molecule has 0 bridgehead atoms. The second kappa shape index (κ2) is 9.24. The van der Waals surface area contributed by atoms with Gasteiger partial charge in [-0.3, -0.25) is 9.40 Å². The molecule has 14 nitrogen and oxygen atoms in total. The lowest BCUT2D eigenvalue weighted by molar-refractivity contribution is -0.148. The fourth-order valence-electron chi connectivity index (χ4n) is 3.48. The number of aryl methyl sites for hydroxylation is 1. The summed E-state index contributed by atoms with van der Waals surface area (Å²) in [5.41, 5.74) is 8.54. The Bertz CT molecular complexity index is 1220. The highest BCUT2D eigenvalue weighted by molar-refractivity contribution is 14.1. The molecule has 33 heavy (non-hydrogen) atoms. The zero-order valence-corrected chi connectivity index (χ0v) is 20.0. The summed E-state index contributed by atoms with van der Waals surface area (Å²) >= 11 is 1.97. The van der Waals surface area contributed by atoms with Gasteiger partial charge < -0.3 is 28.8 Å². The quantitative estimate of drug-likeness (QED) is 0.179. The molecule has 1 fully saturated rings. The van der Waals surface area contributed by atoms with Crippen molar-refractivity contribution < 1.29 is 32.7 Å². The molecule has 0 radical (unpaired) electrons. The molecule has 0 aromatic carbocycles. The molecule has 3 aromatic heterocycles. The molecule has 0 spiro atoms. The van der Waals surface area contributed by atoms with Gasteiger partial charge in [-0.2, -0.15) is 0 Å². The zero-order valence-electron chi connectivity index (χ0n) is 17.9. The fraction of sp³-hybridized carbons (Fsp3) is 0.500. The summed E-state index contributed by atoms with van der Waals surface area (Å²) in [5, 5.41) is 0. The van der Waals surface area contributed by atoms with E-state index in [0.717, 1.165) is 0 Å². The molecule has 1 aliphatic rings. The lowest BCUT2D eigenvalue weighted by Crippen LogP contribution is -2.44. The topological polar surface area (TPSA) is 179 Å². The van der Waals surface area contributed by atoms with Crippen LogP contribution in [0.1, 0.15) is 31.1 Å². The molecule has 0 unspecified atom stereocenters. The zero-order chi connectivity index (χ0) is 23.8. The third-order valence-electron chi connectivity index (χ3n) is 5.13. The molecule has 4 heterocycles. The number of halogens is 1. The Labute approximate surface area is 199 Å². The van der Waals surface area contributed by atoms with Crippen LogP contribution in [0, 0.1) is 10.8 Å². The minimum absolute atomic E-state index is 0.0969. The monoisotopic (exact) mass is 576 g/mol. The minimum atomic E-state index is -1.03. The van der Waals surface area contributed by atoms with Gasteiger partial charge in [0.15, 0.2) is 33.4 Å². The van der Waals surface area contributed by atoms with E-state index in [0.29, 0.717) is 21.4 Å². The van der Waals surface area contributed by atoms with Gasteiger partial charge in [-0.15, -0.1) is 0 Å². The number of fused-ring (bicyclic) bond motifs is 1. The van der Waals surface area contributed by atoms with Crippen LogP contribution in [-0.4, -0.2) is 51.0 Å². The van der Waals surface area contributed by atoms with Crippen LogP contribution in [-0.2, 0) is 25.7 Å². The van der Waals surface area contributed by atoms with Crippen molar-refractivity contribution in [3.05, 3.63) is 32.3 Å². The molecule has 15 heteroatoms. The normalized spacial score (nSPS) is 22.7. The first-order valence-corrected chi connectivity index (χ1v) is 10.8. The predicted octanol–water partition coefficient (Wildman–Crippen LogP) is 1.42. The summed E-state index contributed by atoms with van der Waals surface area (Å²) < 4.78 is 28.2. The van der Waals surface area contributed by atoms with Crippen LogP contribution in [0.15, 0.2) is 20.0 Å². The summed E-state index contributed by atoms with van der Waals surface area (Å²) in [6.45, 7) is 2.77. The highest BCUT2D eigenvalue weighted by Crippen LogP contribution is 2.39. The molecule has 0 aliphatic carbocycles. The van der Waals surface area contributed by atoms with Crippen LogP contribution in [0.4, 0.5) is 10.6 Å². The SMILES string of the molecule is CNO[C@H]1C[C@H](n2cnc3c(N)nc(I)nc32)O[C@]1(C)COC(=O)OCc1oc(=O)oc1C. The number of carbonyl (C=O) groups is 1. The number of ether oxygens (including phenoxy) is 3. The molecule has 178 valence electrons. The molecular formula is C18H21IN6O8. The first-order valence-electron chi connectivity index (χ1n) is 9.75. The Morgan fingerprint density at radius 3 is 2.88 bits per heavy atom. The Hall–Kier alpha value is -2.76. The molecule has 3 atom stereocenters. The van der Waals surface area contributed by atoms with E-state index in [1.54, 1.807) is 24.9 Å². The number of carbonyl (C=O) groups excluding carboxylic acids is 1. The maximum atomic E-state index is 12.1. The summed E-state index contributed by atoms with van der Waals surface area (Å²) in [4.78, 5) is 41.6. The largest absolute Gasteiger partial charge is 0.519 e.